The minimum atomic E-state index is -0.426. The van der Waals surface area contributed by atoms with Crippen molar-refractivity contribution in [2.75, 3.05) is 18.0 Å². The first-order chi connectivity index (χ1) is 10.1. The number of hydrogen-bond donors (Lipinski definition) is 2. The number of carbonyl (C=O) groups excluding carboxylic acids is 1. The van der Waals surface area contributed by atoms with Gasteiger partial charge < -0.3 is 16.4 Å². The van der Waals surface area contributed by atoms with Crippen LogP contribution in [0.5, 0.6) is 0 Å². The summed E-state index contributed by atoms with van der Waals surface area (Å²) in [7, 11) is 0. The van der Waals surface area contributed by atoms with Gasteiger partial charge in [-0.3, -0.25) is 4.79 Å². The van der Waals surface area contributed by atoms with Crippen LogP contribution in [0.25, 0.3) is 10.9 Å². The second-order valence-corrected chi connectivity index (χ2v) is 5.79. The Morgan fingerprint density at radius 1 is 1.38 bits per heavy atom. The maximum atomic E-state index is 11.7. The van der Waals surface area contributed by atoms with Crippen LogP contribution in [-0.4, -0.2) is 30.0 Å². The predicted molar refractivity (Wildman–Crippen MR) is 84.2 cm³/mol. The fraction of sp³-hybridized carbons (Fsp3) is 0.375. The number of para-hydroxylation sites is 1. The molecule has 4 N–H and O–H groups in total. The van der Waals surface area contributed by atoms with Crippen molar-refractivity contribution in [1.82, 2.24) is 4.98 Å². The summed E-state index contributed by atoms with van der Waals surface area (Å²) in [5.41, 5.74) is 13.0. The van der Waals surface area contributed by atoms with Crippen molar-refractivity contribution < 1.29 is 4.79 Å². The number of amides is 1. The number of anilines is 1. The van der Waals surface area contributed by atoms with E-state index in [9.17, 15) is 4.79 Å². The molecule has 110 valence electrons. The predicted octanol–water partition coefficient (Wildman–Crippen LogP) is 1.51. The normalized spacial score (nSPS) is 22.5. The SMILES string of the molecule is CC1CCN(c2cc(C(N)=O)c3ccccc3n2)CC1N. The molecule has 1 aromatic heterocycles. The number of rotatable bonds is 2. The highest BCUT2D eigenvalue weighted by Gasteiger charge is 2.24. The number of aromatic nitrogens is 1. The zero-order chi connectivity index (χ0) is 15.0. The first kappa shape index (κ1) is 13.8. The summed E-state index contributed by atoms with van der Waals surface area (Å²) in [5.74, 6) is 0.867. The van der Waals surface area contributed by atoms with Crippen molar-refractivity contribution in [1.29, 1.82) is 0 Å². The Bertz CT molecular complexity index is 685. The van der Waals surface area contributed by atoms with Crippen LogP contribution >= 0.6 is 0 Å². The second kappa shape index (κ2) is 5.33. The summed E-state index contributed by atoms with van der Waals surface area (Å²) in [6.45, 7) is 3.83. The quantitative estimate of drug-likeness (QED) is 0.875. The average Bonchev–Trinajstić information content (AvgIpc) is 2.48. The van der Waals surface area contributed by atoms with Gasteiger partial charge in [0.2, 0.25) is 5.91 Å². The lowest BCUT2D eigenvalue weighted by Gasteiger charge is -2.36. The van der Waals surface area contributed by atoms with Gasteiger partial charge in [0, 0.05) is 24.5 Å². The van der Waals surface area contributed by atoms with Crippen molar-refractivity contribution in [2.45, 2.75) is 19.4 Å². The van der Waals surface area contributed by atoms with E-state index in [2.05, 4.69) is 16.8 Å². The Morgan fingerprint density at radius 3 is 2.86 bits per heavy atom. The molecule has 21 heavy (non-hydrogen) atoms. The average molecular weight is 284 g/mol. The molecule has 3 rings (SSSR count). The Morgan fingerprint density at radius 2 is 2.14 bits per heavy atom. The highest BCUT2D eigenvalue weighted by atomic mass is 16.1. The third kappa shape index (κ3) is 2.56. The number of piperidine rings is 1. The number of primary amides is 1. The maximum absolute atomic E-state index is 11.7. The molecule has 2 heterocycles. The van der Waals surface area contributed by atoms with Gasteiger partial charge in [0.25, 0.3) is 0 Å². The lowest BCUT2D eigenvalue weighted by atomic mass is 9.94. The third-order valence-corrected chi connectivity index (χ3v) is 4.31. The minimum absolute atomic E-state index is 0.129. The fourth-order valence-electron chi connectivity index (χ4n) is 2.83. The van der Waals surface area contributed by atoms with Crippen LogP contribution in [0.2, 0.25) is 0 Å². The van der Waals surface area contributed by atoms with Gasteiger partial charge in [-0.2, -0.15) is 0 Å². The number of pyridine rings is 1. The number of hydrogen-bond acceptors (Lipinski definition) is 4. The zero-order valence-corrected chi connectivity index (χ0v) is 12.1. The first-order valence-corrected chi connectivity index (χ1v) is 7.26. The van der Waals surface area contributed by atoms with E-state index < -0.39 is 5.91 Å². The Kier molecular flexibility index (Phi) is 3.51. The Labute approximate surface area is 123 Å². The minimum Gasteiger partial charge on any atom is -0.366 e. The summed E-state index contributed by atoms with van der Waals surface area (Å²) in [6.07, 6.45) is 1.03. The van der Waals surface area contributed by atoms with Crippen molar-refractivity contribution in [3.8, 4) is 0 Å². The lowest BCUT2D eigenvalue weighted by molar-refractivity contribution is 0.100. The summed E-state index contributed by atoms with van der Waals surface area (Å²) in [4.78, 5) is 18.5. The molecule has 1 amide bonds. The molecule has 1 aromatic carbocycles. The van der Waals surface area contributed by atoms with Crippen LogP contribution in [0.3, 0.4) is 0 Å². The van der Waals surface area contributed by atoms with Gasteiger partial charge in [-0.1, -0.05) is 25.1 Å². The zero-order valence-electron chi connectivity index (χ0n) is 12.1. The van der Waals surface area contributed by atoms with Crippen molar-refractivity contribution in [2.24, 2.45) is 17.4 Å². The van der Waals surface area contributed by atoms with E-state index in [0.29, 0.717) is 11.5 Å². The number of fused-ring (bicyclic) bond motifs is 1. The number of benzene rings is 1. The highest BCUT2D eigenvalue weighted by molar-refractivity contribution is 6.06. The standard InChI is InChI=1S/C16H20N4O/c1-10-6-7-20(9-13(10)17)15-8-12(16(18)21)11-4-2-3-5-14(11)19-15/h2-5,8,10,13H,6-7,9,17H2,1H3,(H2,18,21). The summed E-state index contributed by atoms with van der Waals surface area (Å²) < 4.78 is 0. The molecule has 1 saturated heterocycles. The molecular weight excluding hydrogens is 264 g/mol. The van der Waals surface area contributed by atoms with Gasteiger partial charge in [0.1, 0.15) is 5.82 Å². The maximum Gasteiger partial charge on any atom is 0.249 e. The molecule has 5 heteroatoms. The molecule has 1 fully saturated rings. The van der Waals surface area contributed by atoms with Crippen molar-refractivity contribution in [3.05, 3.63) is 35.9 Å². The Hall–Kier alpha value is -2.14. The lowest BCUT2D eigenvalue weighted by Crippen LogP contribution is -2.48. The molecule has 1 aliphatic rings. The van der Waals surface area contributed by atoms with E-state index in [1.807, 2.05) is 24.3 Å². The summed E-state index contributed by atoms with van der Waals surface area (Å²) in [5, 5.41) is 0.795. The first-order valence-electron chi connectivity index (χ1n) is 7.26. The molecular formula is C16H20N4O. The van der Waals surface area contributed by atoms with Crippen LogP contribution in [0.4, 0.5) is 5.82 Å². The van der Waals surface area contributed by atoms with Crippen LogP contribution < -0.4 is 16.4 Å². The molecule has 0 saturated carbocycles. The Balaban J connectivity index is 2.05. The van der Waals surface area contributed by atoms with Gasteiger partial charge in [0.15, 0.2) is 0 Å². The molecule has 2 aromatic rings. The molecule has 0 radical (unpaired) electrons. The monoisotopic (exact) mass is 284 g/mol. The van der Waals surface area contributed by atoms with Crippen molar-refractivity contribution >= 4 is 22.6 Å². The summed E-state index contributed by atoms with van der Waals surface area (Å²) in [6, 6.07) is 9.48. The van der Waals surface area contributed by atoms with Crippen LogP contribution in [0, 0.1) is 5.92 Å². The fourth-order valence-corrected chi connectivity index (χ4v) is 2.83. The molecule has 0 bridgehead atoms. The third-order valence-electron chi connectivity index (χ3n) is 4.31. The van der Waals surface area contributed by atoms with E-state index in [4.69, 9.17) is 11.5 Å². The van der Waals surface area contributed by atoms with E-state index >= 15 is 0 Å². The summed E-state index contributed by atoms with van der Waals surface area (Å²) >= 11 is 0. The number of nitrogens with two attached hydrogens (primary N) is 2. The molecule has 1 aliphatic heterocycles. The van der Waals surface area contributed by atoms with E-state index in [0.717, 1.165) is 36.2 Å². The van der Waals surface area contributed by atoms with E-state index in [-0.39, 0.29) is 6.04 Å². The van der Waals surface area contributed by atoms with Gasteiger partial charge in [-0.15, -0.1) is 0 Å². The molecule has 5 nitrogen and oxygen atoms in total. The van der Waals surface area contributed by atoms with Crippen LogP contribution in [-0.2, 0) is 0 Å². The van der Waals surface area contributed by atoms with E-state index in [1.165, 1.54) is 0 Å². The van der Waals surface area contributed by atoms with Gasteiger partial charge >= 0.3 is 0 Å². The smallest absolute Gasteiger partial charge is 0.249 e. The van der Waals surface area contributed by atoms with Crippen molar-refractivity contribution in [3.63, 3.8) is 0 Å². The van der Waals surface area contributed by atoms with Gasteiger partial charge in [-0.25, -0.2) is 4.98 Å². The van der Waals surface area contributed by atoms with Crippen LogP contribution in [0.15, 0.2) is 30.3 Å². The largest absolute Gasteiger partial charge is 0.366 e. The van der Waals surface area contributed by atoms with E-state index in [1.54, 1.807) is 6.07 Å². The number of nitrogens with zero attached hydrogens (tertiary/aromatic N) is 2. The van der Waals surface area contributed by atoms with Crippen LogP contribution in [0.1, 0.15) is 23.7 Å². The topological polar surface area (TPSA) is 85.2 Å². The highest BCUT2D eigenvalue weighted by Crippen LogP contribution is 2.26. The molecule has 2 atom stereocenters. The number of carbonyl (C=O) groups is 1. The second-order valence-electron chi connectivity index (χ2n) is 5.79. The molecule has 2 unspecified atom stereocenters. The molecule has 0 aliphatic carbocycles. The van der Waals surface area contributed by atoms with Gasteiger partial charge in [-0.05, 0) is 24.5 Å². The van der Waals surface area contributed by atoms with Gasteiger partial charge in [0.05, 0.1) is 11.1 Å². The molecule has 0 spiro atoms.